The van der Waals surface area contributed by atoms with Crippen LogP contribution in [0.3, 0.4) is 0 Å². The summed E-state index contributed by atoms with van der Waals surface area (Å²) in [5.41, 5.74) is 2.57. The molecule has 72 valence electrons. The molecule has 2 N–H and O–H groups in total. The molecule has 14 heavy (non-hydrogen) atoms. The number of carbonyl (C=O) groups is 1. The van der Waals surface area contributed by atoms with Crippen LogP contribution < -0.4 is 5.48 Å². The van der Waals surface area contributed by atoms with Crippen LogP contribution in [0.15, 0.2) is 18.3 Å². The summed E-state index contributed by atoms with van der Waals surface area (Å²) < 4.78 is 0. The van der Waals surface area contributed by atoms with Gasteiger partial charge in [0.15, 0.2) is 12.4 Å². The van der Waals surface area contributed by atoms with E-state index in [9.17, 15) is 4.79 Å². The van der Waals surface area contributed by atoms with Gasteiger partial charge in [0.05, 0.1) is 5.56 Å². The van der Waals surface area contributed by atoms with Gasteiger partial charge in [0.1, 0.15) is 6.07 Å². The van der Waals surface area contributed by atoms with Crippen molar-refractivity contribution in [3.8, 4) is 6.07 Å². The van der Waals surface area contributed by atoms with Crippen LogP contribution >= 0.6 is 0 Å². The van der Waals surface area contributed by atoms with Crippen LogP contribution in [-0.4, -0.2) is 22.7 Å². The monoisotopic (exact) mass is 193 g/mol. The summed E-state index contributed by atoms with van der Waals surface area (Å²) in [7, 11) is 0. The average Bonchev–Trinajstić information content (AvgIpc) is 2.18. The molecule has 0 spiro atoms. The third kappa shape index (κ3) is 2.73. The maximum absolute atomic E-state index is 10.1. The van der Waals surface area contributed by atoms with Crippen molar-refractivity contribution >= 4 is 11.8 Å². The zero-order valence-corrected chi connectivity index (χ0v) is 7.10. The predicted molar refractivity (Wildman–Crippen MR) is 46.2 cm³/mol. The highest BCUT2D eigenvalue weighted by Gasteiger charge is 2.02. The maximum atomic E-state index is 10.1. The van der Waals surface area contributed by atoms with Crippen molar-refractivity contribution in [2.45, 2.75) is 0 Å². The molecule has 1 heterocycles. The standard InChI is InChI=1S/C8H7N3O3/c9-4-6-2-1-3-10-8(6)11-14-5-7(12)13/h1-3H,5H2,(H,10,11)(H,12,13). The SMILES string of the molecule is N#Cc1cccnc1NOCC(=O)O. The third-order valence-electron chi connectivity index (χ3n) is 1.29. The number of carboxylic acids is 1. The molecular formula is C8H7N3O3. The van der Waals surface area contributed by atoms with Crippen molar-refractivity contribution < 1.29 is 14.7 Å². The number of hydrogen-bond acceptors (Lipinski definition) is 5. The first-order valence-electron chi connectivity index (χ1n) is 3.68. The zero-order valence-electron chi connectivity index (χ0n) is 7.10. The van der Waals surface area contributed by atoms with Gasteiger partial charge in [-0.15, -0.1) is 0 Å². The first-order chi connectivity index (χ1) is 6.74. The van der Waals surface area contributed by atoms with Gasteiger partial charge in [-0.1, -0.05) is 0 Å². The Morgan fingerprint density at radius 1 is 1.79 bits per heavy atom. The number of pyridine rings is 1. The van der Waals surface area contributed by atoms with Gasteiger partial charge in [-0.3, -0.25) is 4.84 Å². The van der Waals surface area contributed by atoms with E-state index in [-0.39, 0.29) is 11.4 Å². The summed E-state index contributed by atoms with van der Waals surface area (Å²) in [6.45, 7) is -0.499. The second kappa shape index (κ2) is 4.79. The van der Waals surface area contributed by atoms with E-state index >= 15 is 0 Å². The van der Waals surface area contributed by atoms with Crippen molar-refractivity contribution in [3.05, 3.63) is 23.9 Å². The molecule has 0 fully saturated rings. The maximum Gasteiger partial charge on any atom is 0.332 e. The number of aliphatic carboxylic acids is 1. The number of nitrogens with one attached hydrogen (secondary N) is 1. The molecule has 6 nitrogen and oxygen atoms in total. The average molecular weight is 193 g/mol. The molecule has 1 aromatic rings. The predicted octanol–water partition coefficient (Wildman–Crippen LogP) is 0.381. The Morgan fingerprint density at radius 3 is 3.21 bits per heavy atom. The van der Waals surface area contributed by atoms with E-state index in [4.69, 9.17) is 10.4 Å². The lowest BCUT2D eigenvalue weighted by Gasteiger charge is -2.04. The van der Waals surface area contributed by atoms with Gasteiger partial charge < -0.3 is 5.11 Å². The minimum absolute atomic E-state index is 0.205. The van der Waals surface area contributed by atoms with Crippen LogP contribution in [-0.2, 0) is 9.63 Å². The molecule has 1 rings (SSSR count). The topological polar surface area (TPSA) is 95.2 Å². The fraction of sp³-hybridized carbons (Fsp3) is 0.125. The Kier molecular flexibility index (Phi) is 3.41. The van der Waals surface area contributed by atoms with Gasteiger partial charge in [0.25, 0.3) is 0 Å². The van der Waals surface area contributed by atoms with Crippen molar-refractivity contribution in [2.24, 2.45) is 0 Å². The van der Waals surface area contributed by atoms with Crippen molar-refractivity contribution in [1.29, 1.82) is 5.26 Å². The molecular weight excluding hydrogens is 186 g/mol. The lowest BCUT2D eigenvalue weighted by Crippen LogP contribution is -2.12. The fourth-order valence-electron chi connectivity index (χ4n) is 0.743. The van der Waals surface area contributed by atoms with Crippen LogP contribution in [0.25, 0.3) is 0 Å². The number of carboxylic acid groups (broad SMARTS) is 1. The fourth-order valence-corrected chi connectivity index (χ4v) is 0.743. The number of anilines is 1. The Hall–Kier alpha value is -2.13. The lowest BCUT2D eigenvalue weighted by molar-refractivity contribution is -0.141. The highest BCUT2D eigenvalue weighted by atomic mass is 16.7. The van der Waals surface area contributed by atoms with Gasteiger partial charge in [-0.25, -0.2) is 15.3 Å². The van der Waals surface area contributed by atoms with Crippen LogP contribution in [0.2, 0.25) is 0 Å². The molecule has 0 saturated heterocycles. The Morgan fingerprint density at radius 2 is 2.57 bits per heavy atom. The molecule has 0 aliphatic heterocycles. The molecule has 0 radical (unpaired) electrons. The third-order valence-corrected chi connectivity index (χ3v) is 1.29. The number of hydrogen-bond donors (Lipinski definition) is 2. The lowest BCUT2D eigenvalue weighted by atomic mass is 10.3. The summed E-state index contributed by atoms with van der Waals surface area (Å²) in [5.74, 6) is -0.900. The van der Waals surface area contributed by atoms with E-state index in [1.807, 2.05) is 6.07 Å². The quantitative estimate of drug-likeness (QED) is 0.671. The normalized spacial score (nSPS) is 9.07. The minimum atomic E-state index is -1.10. The van der Waals surface area contributed by atoms with Crippen LogP contribution in [0.4, 0.5) is 5.82 Å². The van der Waals surface area contributed by atoms with E-state index in [0.717, 1.165) is 0 Å². The van der Waals surface area contributed by atoms with Gasteiger partial charge >= 0.3 is 5.97 Å². The van der Waals surface area contributed by atoms with Gasteiger partial charge in [-0.2, -0.15) is 5.26 Å². The molecule has 6 heteroatoms. The summed E-state index contributed by atoms with van der Waals surface area (Å²) in [4.78, 5) is 18.4. The summed E-state index contributed by atoms with van der Waals surface area (Å²) >= 11 is 0. The van der Waals surface area contributed by atoms with E-state index in [2.05, 4.69) is 15.3 Å². The molecule has 0 aliphatic carbocycles. The number of nitriles is 1. The molecule has 0 aliphatic rings. The largest absolute Gasteiger partial charge is 0.479 e. The van der Waals surface area contributed by atoms with Gasteiger partial charge in [0.2, 0.25) is 0 Å². The smallest absolute Gasteiger partial charge is 0.332 e. The van der Waals surface area contributed by atoms with Crippen molar-refractivity contribution in [2.75, 3.05) is 12.1 Å². The van der Waals surface area contributed by atoms with Crippen molar-refractivity contribution in [3.63, 3.8) is 0 Å². The molecule has 0 unspecified atom stereocenters. The van der Waals surface area contributed by atoms with Crippen LogP contribution in [0.5, 0.6) is 0 Å². The highest BCUT2D eigenvalue weighted by Crippen LogP contribution is 2.08. The van der Waals surface area contributed by atoms with E-state index in [1.54, 1.807) is 12.1 Å². The summed E-state index contributed by atoms with van der Waals surface area (Å²) in [6, 6.07) is 5.02. The molecule has 0 bridgehead atoms. The first kappa shape index (κ1) is 9.95. The van der Waals surface area contributed by atoms with E-state index < -0.39 is 12.6 Å². The Balaban J connectivity index is 2.59. The molecule has 0 aromatic carbocycles. The number of nitrogens with zero attached hydrogens (tertiary/aromatic N) is 2. The van der Waals surface area contributed by atoms with E-state index in [1.165, 1.54) is 6.20 Å². The molecule has 0 amide bonds. The van der Waals surface area contributed by atoms with E-state index in [0.29, 0.717) is 0 Å². The van der Waals surface area contributed by atoms with Gasteiger partial charge in [0, 0.05) is 6.20 Å². The second-order valence-corrected chi connectivity index (χ2v) is 2.30. The van der Waals surface area contributed by atoms with Crippen LogP contribution in [0.1, 0.15) is 5.56 Å². The number of aromatic nitrogens is 1. The van der Waals surface area contributed by atoms with Gasteiger partial charge in [-0.05, 0) is 12.1 Å². The molecule has 0 saturated carbocycles. The minimum Gasteiger partial charge on any atom is -0.479 e. The molecule has 0 atom stereocenters. The summed E-state index contributed by atoms with van der Waals surface area (Å²) in [6.07, 6.45) is 1.47. The zero-order chi connectivity index (χ0) is 10.4. The first-order valence-corrected chi connectivity index (χ1v) is 3.68. The molecule has 1 aromatic heterocycles. The van der Waals surface area contributed by atoms with Crippen molar-refractivity contribution in [1.82, 2.24) is 4.98 Å². The Bertz CT molecular complexity index is 372. The van der Waals surface area contributed by atoms with Crippen LogP contribution in [0, 0.1) is 11.3 Å². The highest BCUT2D eigenvalue weighted by molar-refractivity contribution is 5.68. The summed E-state index contributed by atoms with van der Waals surface area (Å²) in [5, 5.41) is 16.9. The Labute approximate surface area is 79.7 Å². The second-order valence-electron chi connectivity index (χ2n) is 2.30. The number of rotatable bonds is 4.